The first-order chi connectivity index (χ1) is 9.69. The summed E-state index contributed by atoms with van der Waals surface area (Å²) >= 11 is 0. The first-order valence-corrected chi connectivity index (χ1v) is 7.65. The van der Waals surface area contributed by atoms with Crippen molar-refractivity contribution in [2.75, 3.05) is 0 Å². The normalized spacial score (nSPS) is 23.1. The molecule has 1 fully saturated rings. The van der Waals surface area contributed by atoms with E-state index in [1.807, 2.05) is 10.9 Å². The van der Waals surface area contributed by atoms with E-state index >= 15 is 0 Å². The van der Waals surface area contributed by atoms with Crippen LogP contribution in [0.15, 0.2) is 24.4 Å². The van der Waals surface area contributed by atoms with E-state index in [9.17, 15) is 4.79 Å². The number of benzene rings is 1. The maximum Gasteiger partial charge on any atom is 0.132 e. The van der Waals surface area contributed by atoms with Crippen molar-refractivity contribution in [2.45, 2.75) is 52.0 Å². The molecule has 0 saturated heterocycles. The summed E-state index contributed by atoms with van der Waals surface area (Å²) in [5, 5.41) is 5.64. The third kappa shape index (κ3) is 2.37. The first kappa shape index (κ1) is 13.3. The summed E-state index contributed by atoms with van der Waals surface area (Å²) in [5.41, 5.74) is 2.63. The van der Waals surface area contributed by atoms with Gasteiger partial charge in [0.25, 0.3) is 0 Å². The predicted molar refractivity (Wildman–Crippen MR) is 80.8 cm³/mol. The zero-order valence-corrected chi connectivity index (χ0v) is 12.3. The van der Waals surface area contributed by atoms with Crippen LogP contribution in [0.1, 0.15) is 51.0 Å². The zero-order chi connectivity index (χ0) is 14.1. The average Bonchev–Trinajstić information content (AvgIpc) is 2.89. The van der Waals surface area contributed by atoms with Gasteiger partial charge in [-0.3, -0.25) is 9.48 Å². The monoisotopic (exact) mass is 270 g/mol. The van der Waals surface area contributed by atoms with Crippen molar-refractivity contribution >= 4 is 16.7 Å². The average molecular weight is 270 g/mol. The molecule has 0 radical (unpaired) electrons. The van der Waals surface area contributed by atoms with Crippen LogP contribution in [-0.2, 0) is 11.3 Å². The molecule has 0 N–H and O–H groups in total. The molecule has 1 saturated carbocycles. The number of fused-ring (bicyclic) bond motifs is 1. The lowest BCUT2D eigenvalue weighted by Crippen LogP contribution is -2.18. The molecule has 1 aliphatic rings. The zero-order valence-electron chi connectivity index (χ0n) is 12.3. The Morgan fingerprint density at radius 2 is 2.05 bits per heavy atom. The Morgan fingerprint density at radius 1 is 1.30 bits per heavy atom. The van der Waals surface area contributed by atoms with Gasteiger partial charge in [-0.05, 0) is 63.1 Å². The van der Waals surface area contributed by atoms with Crippen LogP contribution < -0.4 is 0 Å². The van der Waals surface area contributed by atoms with Crippen LogP contribution in [0, 0.1) is 5.92 Å². The van der Waals surface area contributed by atoms with Gasteiger partial charge in [0.15, 0.2) is 0 Å². The minimum atomic E-state index is 0.304. The highest BCUT2D eigenvalue weighted by molar-refractivity contribution is 5.80. The lowest BCUT2D eigenvalue weighted by Gasteiger charge is -2.27. The van der Waals surface area contributed by atoms with Gasteiger partial charge < -0.3 is 0 Å². The number of nitrogens with zero attached hydrogens (tertiary/aromatic N) is 2. The SMILES string of the molecule is CCn1ncc2cc(C3CCC(C(C)=O)CC3)ccc21. The summed E-state index contributed by atoms with van der Waals surface area (Å²) in [5.74, 6) is 1.28. The van der Waals surface area contributed by atoms with Crippen LogP contribution in [0.3, 0.4) is 0 Å². The number of hydrogen-bond acceptors (Lipinski definition) is 2. The highest BCUT2D eigenvalue weighted by Gasteiger charge is 2.25. The molecule has 0 amide bonds. The number of ketones is 1. The smallest absolute Gasteiger partial charge is 0.132 e. The quantitative estimate of drug-likeness (QED) is 0.847. The molecule has 0 aliphatic heterocycles. The van der Waals surface area contributed by atoms with Crippen molar-refractivity contribution < 1.29 is 4.79 Å². The molecule has 0 bridgehead atoms. The summed E-state index contributed by atoms with van der Waals surface area (Å²) in [4.78, 5) is 11.4. The molecule has 3 rings (SSSR count). The highest BCUT2D eigenvalue weighted by atomic mass is 16.1. The minimum Gasteiger partial charge on any atom is -0.300 e. The van der Waals surface area contributed by atoms with Crippen molar-refractivity contribution in [1.29, 1.82) is 0 Å². The fraction of sp³-hybridized carbons (Fsp3) is 0.529. The predicted octanol–water partition coefficient (Wildman–Crippen LogP) is 3.92. The molecule has 0 unspecified atom stereocenters. The molecule has 1 aliphatic carbocycles. The van der Waals surface area contributed by atoms with Crippen molar-refractivity contribution in [3.8, 4) is 0 Å². The molecule has 2 aromatic rings. The van der Waals surface area contributed by atoms with Crippen LogP contribution >= 0.6 is 0 Å². The second-order valence-electron chi connectivity index (χ2n) is 5.94. The topological polar surface area (TPSA) is 34.9 Å². The van der Waals surface area contributed by atoms with Crippen LogP contribution in [0.4, 0.5) is 0 Å². The first-order valence-electron chi connectivity index (χ1n) is 7.65. The summed E-state index contributed by atoms with van der Waals surface area (Å²) in [6, 6.07) is 6.72. The van der Waals surface area contributed by atoms with Gasteiger partial charge in [0.1, 0.15) is 5.78 Å². The lowest BCUT2D eigenvalue weighted by atomic mass is 9.77. The molecular formula is C17H22N2O. The molecular weight excluding hydrogens is 248 g/mol. The third-order valence-corrected chi connectivity index (χ3v) is 4.74. The number of aryl methyl sites for hydroxylation is 1. The third-order valence-electron chi connectivity index (χ3n) is 4.74. The Balaban J connectivity index is 1.80. The minimum absolute atomic E-state index is 0.304. The fourth-order valence-corrected chi connectivity index (χ4v) is 3.44. The van der Waals surface area contributed by atoms with Crippen LogP contribution in [0.2, 0.25) is 0 Å². The Bertz CT molecular complexity index is 621. The van der Waals surface area contributed by atoms with E-state index in [2.05, 4.69) is 30.2 Å². The Labute approximate surface area is 120 Å². The Kier molecular flexibility index (Phi) is 3.60. The van der Waals surface area contributed by atoms with Crippen molar-refractivity contribution in [3.05, 3.63) is 30.0 Å². The van der Waals surface area contributed by atoms with E-state index in [0.717, 1.165) is 32.2 Å². The van der Waals surface area contributed by atoms with E-state index in [1.54, 1.807) is 6.92 Å². The van der Waals surface area contributed by atoms with E-state index < -0.39 is 0 Å². The summed E-state index contributed by atoms with van der Waals surface area (Å²) in [6.07, 6.45) is 6.33. The Hall–Kier alpha value is -1.64. The number of carbonyl (C=O) groups excluding carboxylic acids is 1. The standard InChI is InChI=1S/C17H22N2O/c1-3-19-17-9-8-15(10-16(17)11-18-19)14-6-4-13(5-7-14)12(2)20/h8-11,13-14H,3-7H2,1-2H3. The maximum atomic E-state index is 11.4. The van der Waals surface area contributed by atoms with Gasteiger partial charge in [-0.25, -0.2) is 0 Å². The molecule has 1 aromatic heterocycles. The molecule has 106 valence electrons. The van der Waals surface area contributed by atoms with E-state index in [-0.39, 0.29) is 0 Å². The number of aromatic nitrogens is 2. The number of carbonyl (C=O) groups is 1. The van der Waals surface area contributed by atoms with Gasteiger partial charge in [0.05, 0.1) is 11.7 Å². The molecule has 0 atom stereocenters. The summed E-state index contributed by atoms with van der Waals surface area (Å²) in [7, 11) is 0. The van der Waals surface area contributed by atoms with Gasteiger partial charge in [-0.2, -0.15) is 5.10 Å². The largest absolute Gasteiger partial charge is 0.300 e. The van der Waals surface area contributed by atoms with Gasteiger partial charge >= 0.3 is 0 Å². The van der Waals surface area contributed by atoms with Gasteiger partial charge in [0, 0.05) is 17.8 Å². The van der Waals surface area contributed by atoms with Gasteiger partial charge in [0.2, 0.25) is 0 Å². The Morgan fingerprint density at radius 3 is 2.70 bits per heavy atom. The van der Waals surface area contributed by atoms with E-state index in [1.165, 1.54) is 16.5 Å². The maximum absolute atomic E-state index is 11.4. The molecule has 20 heavy (non-hydrogen) atoms. The molecule has 0 spiro atoms. The lowest BCUT2D eigenvalue weighted by molar-refractivity contribution is -0.121. The van der Waals surface area contributed by atoms with Crippen molar-refractivity contribution in [3.63, 3.8) is 0 Å². The fourth-order valence-electron chi connectivity index (χ4n) is 3.44. The van der Waals surface area contributed by atoms with Crippen molar-refractivity contribution in [2.24, 2.45) is 5.92 Å². The van der Waals surface area contributed by atoms with Crippen LogP contribution in [-0.4, -0.2) is 15.6 Å². The summed E-state index contributed by atoms with van der Waals surface area (Å²) in [6.45, 7) is 4.76. The van der Waals surface area contributed by atoms with Crippen molar-refractivity contribution in [1.82, 2.24) is 9.78 Å². The molecule has 3 nitrogen and oxygen atoms in total. The van der Waals surface area contributed by atoms with Crippen LogP contribution in [0.5, 0.6) is 0 Å². The number of rotatable bonds is 3. The summed E-state index contributed by atoms with van der Waals surface area (Å²) < 4.78 is 2.03. The van der Waals surface area contributed by atoms with Crippen LogP contribution in [0.25, 0.3) is 10.9 Å². The van der Waals surface area contributed by atoms with E-state index in [0.29, 0.717) is 17.6 Å². The molecule has 1 heterocycles. The highest BCUT2D eigenvalue weighted by Crippen LogP contribution is 2.36. The number of Topliss-reactive ketones (excluding diaryl/α,β-unsaturated/α-hetero) is 1. The second kappa shape index (κ2) is 5.39. The van der Waals surface area contributed by atoms with Gasteiger partial charge in [-0.1, -0.05) is 6.07 Å². The number of hydrogen-bond donors (Lipinski definition) is 0. The van der Waals surface area contributed by atoms with E-state index in [4.69, 9.17) is 0 Å². The molecule has 3 heteroatoms. The van der Waals surface area contributed by atoms with Gasteiger partial charge in [-0.15, -0.1) is 0 Å². The second-order valence-corrected chi connectivity index (χ2v) is 5.94. The molecule has 1 aromatic carbocycles.